The Labute approximate surface area is 119 Å². The SMILES string of the molecule is CCNCc1cccc(NC(=O)C2CC(=O)N(C)C2)c1. The van der Waals surface area contributed by atoms with Crippen molar-refractivity contribution in [2.45, 2.75) is 19.9 Å². The van der Waals surface area contributed by atoms with E-state index in [9.17, 15) is 9.59 Å². The molecular weight excluding hydrogens is 254 g/mol. The predicted molar refractivity (Wildman–Crippen MR) is 78.2 cm³/mol. The molecule has 0 radical (unpaired) electrons. The number of hydrogen-bond donors (Lipinski definition) is 2. The molecule has 1 saturated heterocycles. The highest BCUT2D eigenvalue weighted by Crippen LogP contribution is 2.19. The molecule has 5 heteroatoms. The van der Waals surface area contributed by atoms with Gasteiger partial charge in [-0.2, -0.15) is 0 Å². The third-order valence-corrected chi connectivity index (χ3v) is 3.49. The van der Waals surface area contributed by atoms with Crippen LogP contribution in [0.2, 0.25) is 0 Å². The average Bonchev–Trinajstić information content (AvgIpc) is 2.77. The van der Waals surface area contributed by atoms with Crippen LogP contribution in [0.5, 0.6) is 0 Å². The monoisotopic (exact) mass is 275 g/mol. The lowest BCUT2D eigenvalue weighted by Crippen LogP contribution is -2.25. The Morgan fingerprint density at radius 1 is 1.45 bits per heavy atom. The minimum atomic E-state index is -0.245. The number of rotatable bonds is 5. The van der Waals surface area contributed by atoms with E-state index < -0.39 is 0 Å². The van der Waals surface area contributed by atoms with Crippen molar-refractivity contribution in [1.29, 1.82) is 0 Å². The van der Waals surface area contributed by atoms with Crippen molar-refractivity contribution >= 4 is 17.5 Å². The van der Waals surface area contributed by atoms with Crippen molar-refractivity contribution in [3.63, 3.8) is 0 Å². The van der Waals surface area contributed by atoms with E-state index >= 15 is 0 Å². The quantitative estimate of drug-likeness (QED) is 0.849. The molecule has 1 heterocycles. The third kappa shape index (κ3) is 3.57. The summed E-state index contributed by atoms with van der Waals surface area (Å²) < 4.78 is 0. The van der Waals surface area contributed by atoms with Crippen molar-refractivity contribution < 1.29 is 9.59 Å². The van der Waals surface area contributed by atoms with E-state index in [1.807, 2.05) is 24.3 Å². The van der Waals surface area contributed by atoms with Gasteiger partial charge in [0.15, 0.2) is 0 Å². The largest absolute Gasteiger partial charge is 0.345 e. The molecular formula is C15H21N3O2. The molecule has 2 rings (SSSR count). The van der Waals surface area contributed by atoms with Gasteiger partial charge in [-0.1, -0.05) is 19.1 Å². The van der Waals surface area contributed by atoms with Gasteiger partial charge in [-0.25, -0.2) is 0 Å². The molecule has 1 atom stereocenters. The van der Waals surface area contributed by atoms with Crippen LogP contribution in [0.15, 0.2) is 24.3 Å². The van der Waals surface area contributed by atoms with Crippen molar-refractivity contribution in [2.24, 2.45) is 5.92 Å². The number of amides is 2. The van der Waals surface area contributed by atoms with E-state index in [1.54, 1.807) is 11.9 Å². The van der Waals surface area contributed by atoms with Crippen LogP contribution in [0.3, 0.4) is 0 Å². The van der Waals surface area contributed by atoms with Crippen LogP contribution in [0.4, 0.5) is 5.69 Å². The molecule has 0 aromatic heterocycles. The van der Waals surface area contributed by atoms with E-state index in [1.165, 1.54) is 0 Å². The number of hydrogen-bond acceptors (Lipinski definition) is 3. The smallest absolute Gasteiger partial charge is 0.229 e. The number of anilines is 1. The van der Waals surface area contributed by atoms with Crippen LogP contribution in [-0.4, -0.2) is 36.9 Å². The summed E-state index contributed by atoms with van der Waals surface area (Å²) in [4.78, 5) is 25.2. The summed E-state index contributed by atoms with van der Waals surface area (Å²) in [6, 6.07) is 7.77. The van der Waals surface area contributed by atoms with Gasteiger partial charge >= 0.3 is 0 Å². The number of carbonyl (C=O) groups is 2. The Morgan fingerprint density at radius 3 is 2.90 bits per heavy atom. The number of nitrogens with one attached hydrogen (secondary N) is 2. The van der Waals surface area contributed by atoms with E-state index in [4.69, 9.17) is 0 Å². The molecule has 1 aromatic rings. The topological polar surface area (TPSA) is 61.4 Å². The third-order valence-electron chi connectivity index (χ3n) is 3.49. The zero-order chi connectivity index (χ0) is 14.5. The molecule has 2 amide bonds. The van der Waals surface area contributed by atoms with E-state index in [-0.39, 0.29) is 17.7 Å². The van der Waals surface area contributed by atoms with Gasteiger partial charge in [-0.05, 0) is 24.2 Å². The van der Waals surface area contributed by atoms with Gasteiger partial charge in [-0.15, -0.1) is 0 Å². The first-order valence-electron chi connectivity index (χ1n) is 6.94. The maximum atomic E-state index is 12.1. The number of nitrogens with zero attached hydrogens (tertiary/aromatic N) is 1. The van der Waals surface area contributed by atoms with Crippen molar-refractivity contribution in [3.05, 3.63) is 29.8 Å². The molecule has 0 aliphatic carbocycles. The molecule has 1 aromatic carbocycles. The minimum absolute atomic E-state index is 0.0334. The molecule has 108 valence electrons. The lowest BCUT2D eigenvalue weighted by molar-refractivity contribution is -0.127. The van der Waals surface area contributed by atoms with E-state index in [0.29, 0.717) is 13.0 Å². The van der Waals surface area contributed by atoms with E-state index in [2.05, 4.69) is 17.6 Å². The minimum Gasteiger partial charge on any atom is -0.345 e. The summed E-state index contributed by atoms with van der Waals surface area (Å²) in [6.07, 6.45) is 0.305. The highest BCUT2D eigenvalue weighted by Gasteiger charge is 2.32. The first-order chi connectivity index (χ1) is 9.60. The van der Waals surface area contributed by atoms with Gasteiger partial charge < -0.3 is 15.5 Å². The summed E-state index contributed by atoms with van der Waals surface area (Å²) >= 11 is 0. The fraction of sp³-hybridized carbons (Fsp3) is 0.467. The van der Waals surface area contributed by atoms with Crippen LogP contribution >= 0.6 is 0 Å². The molecule has 5 nitrogen and oxygen atoms in total. The van der Waals surface area contributed by atoms with Gasteiger partial charge in [0.2, 0.25) is 11.8 Å². The lowest BCUT2D eigenvalue weighted by Gasteiger charge is -2.12. The number of carbonyl (C=O) groups excluding carboxylic acids is 2. The highest BCUT2D eigenvalue weighted by atomic mass is 16.2. The van der Waals surface area contributed by atoms with Crippen molar-refractivity contribution in [3.8, 4) is 0 Å². The molecule has 1 fully saturated rings. The Morgan fingerprint density at radius 2 is 2.25 bits per heavy atom. The Bertz CT molecular complexity index is 502. The first-order valence-corrected chi connectivity index (χ1v) is 6.94. The normalized spacial score (nSPS) is 18.4. The second kappa shape index (κ2) is 6.52. The van der Waals surface area contributed by atoms with Crippen LogP contribution < -0.4 is 10.6 Å². The lowest BCUT2D eigenvalue weighted by atomic mass is 10.1. The molecule has 0 bridgehead atoms. The van der Waals surface area contributed by atoms with Crippen LogP contribution in [0, 0.1) is 5.92 Å². The second-order valence-electron chi connectivity index (χ2n) is 5.15. The molecule has 0 saturated carbocycles. The van der Waals surface area contributed by atoms with Gasteiger partial charge in [0.05, 0.1) is 5.92 Å². The standard InChI is InChI=1S/C15H21N3O2/c1-3-16-9-11-5-4-6-13(7-11)17-15(20)12-8-14(19)18(2)10-12/h4-7,12,16H,3,8-10H2,1-2H3,(H,17,20). The Hall–Kier alpha value is -1.88. The maximum absolute atomic E-state index is 12.1. The highest BCUT2D eigenvalue weighted by molar-refractivity contribution is 5.97. The zero-order valence-electron chi connectivity index (χ0n) is 12.0. The molecule has 1 unspecified atom stereocenters. The fourth-order valence-corrected chi connectivity index (χ4v) is 2.31. The number of benzene rings is 1. The van der Waals surface area contributed by atoms with Crippen molar-refractivity contribution in [1.82, 2.24) is 10.2 Å². The van der Waals surface area contributed by atoms with Crippen LogP contribution in [0.25, 0.3) is 0 Å². The fourth-order valence-electron chi connectivity index (χ4n) is 2.31. The van der Waals surface area contributed by atoms with E-state index in [0.717, 1.165) is 24.3 Å². The summed E-state index contributed by atoms with van der Waals surface area (Å²) in [5, 5.41) is 6.14. The van der Waals surface area contributed by atoms with Gasteiger partial charge in [0.1, 0.15) is 0 Å². The summed E-state index contributed by atoms with van der Waals surface area (Å²) in [5.41, 5.74) is 1.91. The first kappa shape index (κ1) is 14.5. The van der Waals surface area contributed by atoms with Gasteiger partial charge in [0.25, 0.3) is 0 Å². The maximum Gasteiger partial charge on any atom is 0.229 e. The predicted octanol–water partition coefficient (Wildman–Crippen LogP) is 1.21. The van der Waals surface area contributed by atoms with Gasteiger partial charge in [0, 0.05) is 32.2 Å². The molecule has 0 spiro atoms. The summed E-state index contributed by atoms with van der Waals surface area (Å²) in [6.45, 7) is 4.25. The Balaban J connectivity index is 1.96. The molecule has 20 heavy (non-hydrogen) atoms. The second-order valence-corrected chi connectivity index (χ2v) is 5.15. The average molecular weight is 275 g/mol. The molecule has 1 aliphatic heterocycles. The summed E-state index contributed by atoms with van der Waals surface area (Å²) in [5.74, 6) is -0.292. The summed E-state index contributed by atoms with van der Waals surface area (Å²) in [7, 11) is 1.73. The zero-order valence-corrected chi connectivity index (χ0v) is 12.0. The van der Waals surface area contributed by atoms with Crippen LogP contribution in [0.1, 0.15) is 18.9 Å². The Kier molecular flexibility index (Phi) is 4.74. The molecule has 1 aliphatic rings. The van der Waals surface area contributed by atoms with Gasteiger partial charge in [-0.3, -0.25) is 9.59 Å². The van der Waals surface area contributed by atoms with Crippen molar-refractivity contribution in [2.75, 3.05) is 25.5 Å². The van der Waals surface area contributed by atoms with Crippen LogP contribution in [-0.2, 0) is 16.1 Å². The molecule has 2 N–H and O–H groups in total. The number of likely N-dealkylation sites (tertiary alicyclic amines) is 1.